The second-order valence-electron chi connectivity index (χ2n) is 4.56. The van der Waals surface area contributed by atoms with Gasteiger partial charge in [-0.2, -0.15) is 5.26 Å². The maximum Gasteiger partial charge on any atom is 0.348 e. The van der Waals surface area contributed by atoms with Crippen molar-refractivity contribution >= 4 is 50.8 Å². The maximum absolute atomic E-state index is 12.3. The van der Waals surface area contributed by atoms with Crippen LogP contribution in [0.3, 0.4) is 0 Å². The molecule has 0 saturated carbocycles. The van der Waals surface area contributed by atoms with Crippen LogP contribution >= 0.6 is 33.9 Å². The van der Waals surface area contributed by atoms with Crippen molar-refractivity contribution in [3.05, 3.63) is 49.4 Å². The van der Waals surface area contributed by atoms with E-state index in [1.807, 2.05) is 12.1 Å². The smallest absolute Gasteiger partial charge is 0.348 e. The predicted molar refractivity (Wildman–Crippen MR) is 96.8 cm³/mol. The van der Waals surface area contributed by atoms with E-state index >= 15 is 0 Å². The molecule has 23 heavy (non-hydrogen) atoms. The number of nitrogens with zero attached hydrogens (tertiary/aromatic N) is 1. The third kappa shape index (κ3) is 3.89. The lowest BCUT2D eigenvalue weighted by Gasteiger charge is -2.03. The molecule has 2 rings (SSSR count). The molecule has 0 aliphatic carbocycles. The zero-order chi connectivity index (χ0) is 17.0. The van der Waals surface area contributed by atoms with Crippen molar-refractivity contribution in [1.82, 2.24) is 0 Å². The summed E-state index contributed by atoms with van der Waals surface area (Å²) in [5.41, 5.74) is 1.30. The van der Waals surface area contributed by atoms with Crippen LogP contribution in [0.1, 0.15) is 38.1 Å². The number of carbonyl (C=O) groups is 2. The van der Waals surface area contributed by atoms with Crippen LogP contribution in [0.15, 0.2) is 24.3 Å². The number of nitrogens with one attached hydrogen (secondary N) is 1. The maximum atomic E-state index is 12.3. The topological polar surface area (TPSA) is 79.2 Å². The Labute approximate surface area is 151 Å². The van der Waals surface area contributed by atoms with E-state index in [4.69, 9.17) is 4.74 Å². The van der Waals surface area contributed by atoms with Crippen LogP contribution in [0.2, 0.25) is 0 Å². The molecule has 0 bridgehead atoms. The van der Waals surface area contributed by atoms with Crippen LogP contribution in [0, 0.1) is 21.8 Å². The fourth-order valence-corrected chi connectivity index (χ4v) is 3.52. The number of hydrogen-bond acceptors (Lipinski definition) is 5. The van der Waals surface area contributed by atoms with Crippen molar-refractivity contribution in [1.29, 1.82) is 5.26 Å². The molecule has 118 valence electrons. The summed E-state index contributed by atoms with van der Waals surface area (Å²) in [6.07, 6.45) is 0. The highest BCUT2D eigenvalue weighted by molar-refractivity contribution is 14.1. The average molecular weight is 440 g/mol. The Hall–Kier alpha value is -1.92. The number of ether oxygens (including phenoxy) is 1. The van der Waals surface area contributed by atoms with Gasteiger partial charge in [-0.3, -0.25) is 4.79 Å². The van der Waals surface area contributed by atoms with Gasteiger partial charge < -0.3 is 10.1 Å². The molecule has 0 spiro atoms. The number of rotatable bonds is 4. The quantitative estimate of drug-likeness (QED) is 0.577. The molecule has 1 amide bonds. The predicted octanol–water partition coefficient (Wildman–Crippen LogP) is 3.96. The van der Waals surface area contributed by atoms with Crippen molar-refractivity contribution in [2.24, 2.45) is 0 Å². The standard InChI is InChI=1S/C16H13IN2O3S/c1-3-22-16(21)13-9(2)12(8-18)15(23-13)19-14(20)10-5-4-6-11(17)7-10/h4-7H,3H2,1-2H3,(H,19,20). The van der Waals surface area contributed by atoms with Gasteiger partial charge in [0.2, 0.25) is 0 Å². The lowest BCUT2D eigenvalue weighted by Crippen LogP contribution is -2.11. The van der Waals surface area contributed by atoms with Crippen molar-refractivity contribution in [2.75, 3.05) is 11.9 Å². The van der Waals surface area contributed by atoms with E-state index in [0.29, 0.717) is 21.0 Å². The highest BCUT2D eigenvalue weighted by atomic mass is 127. The Bertz CT molecular complexity index is 808. The Morgan fingerprint density at radius 2 is 2.17 bits per heavy atom. The van der Waals surface area contributed by atoms with Crippen molar-refractivity contribution in [2.45, 2.75) is 13.8 Å². The lowest BCUT2D eigenvalue weighted by atomic mass is 10.1. The van der Waals surface area contributed by atoms with Gasteiger partial charge in [0.15, 0.2) is 0 Å². The molecule has 5 nitrogen and oxygen atoms in total. The first kappa shape index (κ1) is 17.4. The summed E-state index contributed by atoms with van der Waals surface area (Å²) in [4.78, 5) is 24.6. The molecule has 0 fully saturated rings. The Kier molecular flexibility index (Phi) is 5.74. The molecular formula is C16H13IN2O3S. The summed E-state index contributed by atoms with van der Waals surface area (Å²) >= 11 is 3.18. The number of hydrogen-bond donors (Lipinski definition) is 1. The molecule has 0 unspecified atom stereocenters. The average Bonchev–Trinajstić information content (AvgIpc) is 2.83. The summed E-state index contributed by atoms with van der Waals surface area (Å²) in [5.74, 6) is -0.807. The van der Waals surface area contributed by atoms with Crippen LogP contribution in [0.5, 0.6) is 0 Å². The van der Waals surface area contributed by atoms with Crippen molar-refractivity contribution in [3.8, 4) is 6.07 Å². The number of esters is 1. The SMILES string of the molecule is CCOC(=O)c1sc(NC(=O)c2cccc(I)c2)c(C#N)c1C. The Balaban J connectivity index is 2.33. The summed E-state index contributed by atoms with van der Waals surface area (Å²) in [6.45, 7) is 3.64. The van der Waals surface area contributed by atoms with Gasteiger partial charge in [-0.15, -0.1) is 11.3 Å². The van der Waals surface area contributed by atoms with Gasteiger partial charge in [0.25, 0.3) is 5.91 Å². The number of thiophene rings is 1. The monoisotopic (exact) mass is 440 g/mol. The molecule has 1 N–H and O–H groups in total. The van der Waals surface area contributed by atoms with Crippen LogP contribution in [-0.4, -0.2) is 18.5 Å². The van der Waals surface area contributed by atoms with Crippen LogP contribution in [0.25, 0.3) is 0 Å². The third-order valence-electron chi connectivity index (χ3n) is 3.03. The van der Waals surface area contributed by atoms with E-state index in [0.717, 1.165) is 14.9 Å². The Morgan fingerprint density at radius 3 is 2.78 bits per heavy atom. The highest BCUT2D eigenvalue weighted by Crippen LogP contribution is 2.33. The van der Waals surface area contributed by atoms with Gasteiger partial charge >= 0.3 is 5.97 Å². The summed E-state index contributed by atoms with van der Waals surface area (Å²) in [6, 6.07) is 9.14. The zero-order valence-corrected chi connectivity index (χ0v) is 15.4. The van der Waals surface area contributed by atoms with Crippen molar-refractivity contribution in [3.63, 3.8) is 0 Å². The second-order valence-corrected chi connectivity index (χ2v) is 6.82. The highest BCUT2D eigenvalue weighted by Gasteiger charge is 2.22. The third-order valence-corrected chi connectivity index (χ3v) is 4.89. The summed E-state index contributed by atoms with van der Waals surface area (Å²) < 4.78 is 5.91. The molecule has 1 aromatic heterocycles. The normalized spacial score (nSPS) is 10.0. The number of carbonyl (C=O) groups excluding carboxylic acids is 2. The molecule has 0 atom stereocenters. The zero-order valence-electron chi connectivity index (χ0n) is 12.5. The summed E-state index contributed by atoms with van der Waals surface area (Å²) in [7, 11) is 0. The fourth-order valence-electron chi connectivity index (χ4n) is 1.93. The lowest BCUT2D eigenvalue weighted by molar-refractivity contribution is 0.0531. The number of anilines is 1. The van der Waals surface area contributed by atoms with E-state index < -0.39 is 5.97 Å². The molecular weight excluding hydrogens is 427 g/mol. The van der Waals surface area contributed by atoms with E-state index in [9.17, 15) is 14.9 Å². The number of halogens is 1. The van der Waals surface area contributed by atoms with Gasteiger partial charge in [0.1, 0.15) is 15.9 Å². The minimum atomic E-state index is -0.485. The van der Waals surface area contributed by atoms with Gasteiger partial charge in [-0.25, -0.2) is 4.79 Å². The largest absolute Gasteiger partial charge is 0.462 e. The van der Waals surface area contributed by atoms with E-state index in [-0.39, 0.29) is 18.1 Å². The van der Waals surface area contributed by atoms with Crippen molar-refractivity contribution < 1.29 is 14.3 Å². The molecule has 0 saturated heterocycles. The van der Waals surface area contributed by atoms with Crippen LogP contribution in [-0.2, 0) is 4.74 Å². The van der Waals surface area contributed by atoms with E-state index in [1.165, 1.54) is 0 Å². The van der Waals surface area contributed by atoms with Crippen LogP contribution < -0.4 is 5.32 Å². The first-order valence-electron chi connectivity index (χ1n) is 6.75. The Morgan fingerprint density at radius 1 is 1.43 bits per heavy atom. The minimum absolute atomic E-state index is 0.252. The molecule has 0 radical (unpaired) electrons. The number of nitriles is 1. The number of benzene rings is 1. The molecule has 2 aromatic rings. The molecule has 0 aliphatic heterocycles. The van der Waals surface area contributed by atoms with Gasteiger partial charge in [-0.1, -0.05) is 6.07 Å². The molecule has 1 heterocycles. The first-order valence-corrected chi connectivity index (χ1v) is 8.65. The summed E-state index contributed by atoms with van der Waals surface area (Å²) in [5, 5.41) is 12.4. The fraction of sp³-hybridized carbons (Fsp3) is 0.188. The van der Waals surface area contributed by atoms with Crippen LogP contribution in [0.4, 0.5) is 5.00 Å². The molecule has 0 aliphatic rings. The minimum Gasteiger partial charge on any atom is -0.462 e. The number of amides is 1. The second kappa shape index (κ2) is 7.57. The van der Waals surface area contributed by atoms with E-state index in [1.54, 1.807) is 32.0 Å². The van der Waals surface area contributed by atoms with Gasteiger partial charge in [0, 0.05) is 9.13 Å². The first-order chi connectivity index (χ1) is 11.0. The molecule has 1 aromatic carbocycles. The molecule has 7 heteroatoms. The van der Waals surface area contributed by atoms with Gasteiger partial charge in [0.05, 0.1) is 12.2 Å². The van der Waals surface area contributed by atoms with E-state index in [2.05, 4.69) is 27.9 Å². The van der Waals surface area contributed by atoms with Gasteiger partial charge in [-0.05, 0) is 60.2 Å².